The molecule has 19 heavy (non-hydrogen) atoms. The monoisotopic (exact) mass is 263 g/mol. The molecule has 0 aliphatic heterocycles. The number of hydrogen-bond donors (Lipinski definition) is 1. The van der Waals surface area contributed by atoms with Gasteiger partial charge < -0.3 is 14.6 Å². The number of aromatic hydroxyl groups is 1. The fraction of sp³-hybridized carbons (Fsp3) is 0.231. The van der Waals surface area contributed by atoms with Gasteiger partial charge in [0.25, 0.3) is 5.91 Å². The minimum Gasteiger partial charge on any atom is -0.507 e. The first-order valence-corrected chi connectivity index (χ1v) is 5.69. The summed E-state index contributed by atoms with van der Waals surface area (Å²) in [5, 5.41) is 9.60. The van der Waals surface area contributed by atoms with Crippen molar-refractivity contribution in [2.45, 2.75) is 6.54 Å². The van der Waals surface area contributed by atoms with E-state index in [0.29, 0.717) is 5.82 Å². The van der Waals surface area contributed by atoms with E-state index >= 15 is 0 Å². The summed E-state index contributed by atoms with van der Waals surface area (Å²) in [6.45, 7) is 0.276. The van der Waals surface area contributed by atoms with Gasteiger partial charge in [0.1, 0.15) is 17.4 Å². The van der Waals surface area contributed by atoms with Crippen LogP contribution in [0.1, 0.15) is 16.2 Å². The van der Waals surface area contributed by atoms with E-state index in [1.165, 1.54) is 4.90 Å². The topological polar surface area (TPSA) is 58.4 Å². The van der Waals surface area contributed by atoms with Gasteiger partial charge in [0.15, 0.2) is 0 Å². The second-order valence-electron chi connectivity index (χ2n) is 4.28. The van der Waals surface area contributed by atoms with Gasteiger partial charge >= 0.3 is 0 Å². The Kier molecular flexibility index (Phi) is 3.50. The standard InChI is InChI=1S/C13H14FN3O2/c1-16-6-5-15-12(16)8-17(2)13(19)10-7-9(14)3-4-11(10)18/h3-7,18H,8H2,1-2H3. The third-order valence-electron chi connectivity index (χ3n) is 2.84. The number of amides is 1. The first-order valence-electron chi connectivity index (χ1n) is 5.69. The van der Waals surface area contributed by atoms with Crippen LogP contribution in [0.15, 0.2) is 30.6 Å². The Bertz CT molecular complexity index is 610. The molecule has 0 spiro atoms. The number of imidazole rings is 1. The van der Waals surface area contributed by atoms with Crippen LogP contribution in [0.3, 0.4) is 0 Å². The van der Waals surface area contributed by atoms with Crippen LogP contribution in [0.2, 0.25) is 0 Å². The molecular formula is C13H14FN3O2. The summed E-state index contributed by atoms with van der Waals surface area (Å²) < 4.78 is 14.9. The molecule has 1 heterocycles. The zero-order chi connectivity index (χ0) is 14.0. The van der Waals surface area contributed by atoms with Crippen molar-refractivity contribution in [3.63, 3.8) is 0 Å². The molecule has 0 radical (unpaired) electrons. The molecule has 0 aliphatic rings. The summed E-state index contributed by atoms with van der Waals surface area (Å²) in [5.74, 6) is -0.559. The lowest BCUT2D eigenvalue weighted by Gasteiger charge is -2.17. The quantitative estimate of drug-likeness (QED) is 0.913. The van der Waals surface area contributed by atoms with Crippen LogP contribution in [-0.2, 0) is 13.6 Å². The average molecular weight is 263 g/mol. The van der Waals surface area contributed by atoms with Gasteiger partial charge in [-0.1, -0.05) is 0 Å². The van der Waals surface area contributed by atoms with Gasteiger partial charge in [-0.2, -0.15) is 0 Å². The summed E-state index contributed by atoms with van der Waals surface area (Å²) in [5.41, 5.74) is -0.0586. The Hall–Kier alpha value is -2.37. The number of carbonyl (C=O) groups is 1. The molecule has 0 fully saturated rings. The molecule has 100 valence electrons. The molecule has 0 saturated carbocycles. The number of phenols is 1. The van der Waals surface area contributed by atoms with E-state index in [9.17, 15) is 14.3 Å². The van der Waals surface area contributed by atoms with Gasteiger partial charge in [-0.05, 0) is 18.2 Å². The van der Waals surface area contributed by atoms with E-state index in [1.807, 2.05) is 7.05 Å². The first-order chi connectivity index (χ1) is 8.99. The predicted octanol–water partition coefficient (Wildman–Crippen LogP) is 1.54. The molecular weight excluding hydrogens is 249 g/mol. The molecule has 0 atom stereocenters. The van der Waals surface area contributed by atoms with Crippen LogP contribution in [0.4, 0.5) is 4.39 Å². The molecule has 2 aromatic rings. The van der Waals surface area contributed by atoms with Crippen molar-refractivity contribution in [3.05, 3.63) is 47.8 Å². The number of phenolic OH excluding ortho intramolecular Hbond substituents is 1. The number of nitrogens with zero attached hydrogens (tertiary/aromatic N) is 3. The lowest BCUT2D eigenvalue weighted by atomic mass is 10.1. The SMILES string of the molecule is CN(Cc1nccn1C)C(=O)c1cc(F)ccc1O. The van der Waals surface area contributed by atoms with Crippen molar-refractivity contribution >= 4 is 5.91 Å². The molecule has 0 unspecified atom stereocenters. The molecule has 1 amide bonds. The summed E-state index contributed by atoms with van der Waals surface area (Å²) >= 11 is 0. The zero-order valence-corrected chi connectivity index (χ0v) is 10.7. The van der Waals surface area contributed by atoms with Crippen molar-refractivity contribution in [1.82, 2.24) is 14.5 Å². The number of halogens is 1. The average Bonchev–Trinajstić information content (AvgIpc) is 2.77. The molecule has 0 aliphatic carbocycles. The minimum atomic E-state index is -0.563. The maximum absolute atomic E-state index is 13.1. The largest absolute Gasteiger partial charge is 0.507 e. The van der Waals surface area contributed by atoms with E-state index in [-0.39, 0.29) is 17.9 Å². The molecule has 0 bridgehead atoms. The van der Waals surface area contributed by atoms with E-state index < -0.39 is 11.7 Å². The summed E-state index contributed by atoms with van der Waals surface area (Å²) in [6, 6.07) is 3.29. The van der Waals surface area contributed by atoms with E-state index in [0.717, 1.165) is 18.2 Å². The molecule has 1 aromatic carbocycles. The number of rotatable bonds is 3. The second-order valence-corrected chi connectivity index (χ2v) is 4.28. The second kappa shape index (κ2) is 5.09. The first kappa shape index (κ1) is 13.1. The Balaban J connectivity index is 2.19. The Morgan fingerprint density at radius 2 is 2.26 bits per heavy atom. The van der Waals surface area contributed by atoms with Crippen LogP contribution in [0.25, 0.3) is 0 Å². The van der Waals surface area contributed by atoms with Gasteiger partial charge in [0.2, 0.25) is 0 Å². The smallest absolute Gasteiger partial charge is 0.257 e. The van der Waals surface area contributed by atoms with Crippen molar-refractivity contribution in [3.8, 4) is 5.75 Å². The third kappa shape index (κ3) is 2.73. The minimum absolute atomic E-state index is 0.0586. The van der Waals surface area contributed by atoms with Crippen LogP contribution in [0, 0.1) is 5.82 Å². The highest BCUT2D eigenvalue weighted by atomic mass is 19.1. The van der Waals surface area contributed by atoms with Gasteiger partial charge in [0.05, 0.1) is 12.1 Å². The lowest BCUT2D eigenvalue weighted by molar-refractivity contribution is 0.0777. The Morgan fingerprint density at radius 1 is 1.53 bits per heavy atom. The maximum Gasteiger partial charge on any atom is 0.257 e. The Morgan fingerprint density at radius 3 is 2.89 bits per heavy atom. The number of hydrogen-bond acceptors (Lipinski definition) is 3. The third-order valence-corrected chi connectivity index (χ3v) is 2.84. The predicted molar refractivity (Wildman–Crippen MR) is 67.1 cm³/mol. The molecule has 5 nitrogen and oxygen atoms in total. The molecule has 1 N–H and O–H groups in total. The van der Waals surface area contributed by atoms with Gasteiger partial charge in [-0.15, -0.1) is 0 Å². The molecule has 0 saturated heterocycles. The fourth-order valence-electron chi connectivity index (χ4n) is 1.72. The Labute approximate surface area is 109 Å². The summed E-state index contributed by atoms with van der Waals surface area (Å²) in [6.07, 6.45) is 3.40. The number of aromatic nitrogens is 2. The van der Waals surface area contributed by atoms with Gasteiger partial charge in [-0.25, -0.2) is 9.37 Å². The van der Waals surface area contributed by atoms with Crippen LogP contribution in [-0.4, -0.2) is 32.5 Å². The number of carbonyl (C=O) groups excluding carboxylic acids is 1. The lowest BCUT2D eigenvalue weighted by Crippen LogP contribution is -2.27. The van der Waals surface area contributed by atoms with E-state index in [1.54, 1.807) is 24.0 Å². The number of benzene rings is 1. The molecule has 2 rings (SSSR count). The zero-order valence-electron chi connectivity index (χ0n) is 10.7. The highest BCUT2D eigenvalue weighted by Crippen LogP contribution is 2.19. The van der Waals surface area contributed by atoms with Gasteiger partial charge in [-0.3, -0.25) is 4.79 Å². The maximum atomic E-state index is 13.1. The van der Waals surface area contributed by atoms with Crippen LogP contribution < -0.4 is 0 Å². The fourth-order valence-corrected chi connectivity index (χ4v) is 1.72. The normalized spacial score (nSPS) is 10.5. The van der Waals surface area contributed by atoms with E-state index in [4.69, 9.17) is 0 Å². The van der Waals surface area contributed by atoms with Crippen LogP contribution in [0.5, 0.6) is 5.75 Å². The molecule has 1 aromatic heterocycles. The summed E-state index contributed by atoms with van der Waals surface area (Å²) in [4.78, 5) is 17.6. The number of aryl methyl sites for hydroxylation is 1. The highest BCUT2D eigenvalue weighted by Gasteiger charge is 2.18. The van der Waals surface area contributed by atoms with E-state index in [2.05, 4.69) is 4.98 Å². The highest BCUT2D eigenvalue weighted by molar-refractivity contribution is 5.96. The van der Waals surface area contributed by atoms with Gasteiger partial charge in [0, 0.05) is 26.5 Å². The van der Waals surface area contributed by atoms with Crippen molar-refractivity contribution in [1.29, 1.82) is 0 Å². The van der Waals surface area contributed by atoms with Crippen LogP contribution >= 0.6 is 0 Å². The van der Waals surface area contributed by atoms with Crippen molar-refractivity contribution in [2.75, 3.05) is 7.05 Å². The molecule has 6 heteroatoms. The van der Waals surface area contributed by atoms with Crippen molar-refractivity contribution < 1.29 is 14.3 Å². The van der Waals surface area contributed by atoms with Crippen molar-refractivity contribution in [2.24, 2.45) is 7.05 Å². The summed E-state index contributed by atoms with van der Waals surface area (Å²) in [7, 11) is 3.39.